The molecule has 0 radical (unpaired) electrons. The van der Waals surface area contributed by atoms with Gasteiger partial charge in [0.2, 0.25) is 0 Å². The molecule has 2 fully saturated rings. The van der Waals surface area contributed by atoms with Crippen LogP contribution >= 0.6 is 0 Å². The van der Waals surface area contributed by atoms with E-state index in [0.29, 0.717) is 0 Å². The van der Waals surface area contributed by atoms with Crippen LogP contribution in [0, 0.1) is 11.8 Å². The highest BCUT2D eigenvalue weighted by atomic mass is 15.1. The van der Waals surface area contributed by atoms with Gasteiger partial charge in [-0.05, 0) is 63.7 Å². The Morgan fingerprint density at radius 1 is 1.11 bits per heavy atom. The quantitative estimate of drug-likeness (QED) is 0.808. The molecule has 2 atom stereocenters. The van der Waals surface area contributed by atoms with E-state index in [0.717, 1.165) is 24.4 Å². The number of nitrogens with one attached hydrogen (secondary N) is 1. The first kappa shape index (κ1) is 14.3. The molecule has 1 saturated carbocycles. The van der Waals surface area contributed by atoms with E-state index in [1.807, 2.05) is 0 Å². The zero-order valence-corrected chi connectivity index (χ0v) is 12.5. The maximum Gasteiger partial charge on any atom is 0.00912 e. The molecule has 1 heterocycles. The van der Waals surface area contributed by atoms with Crippen molar-refractivity contribution in [3.05, 3.63) is 0 Å². The predicted molar refractivity (Wildman–Crippen MR) is 78.9 cm³/mol. The first-order valence-electron chi connectivity index (χ1n) is 8.23. The van der Waals surface area contributed by atoms with Crippen LogP contribution in [0.3, 0.4) is 0 Å². The Labute approximate surface area is 114 Å². The summed E-state index contributed by atoms with van der Waals surface area (Å²) in [4.78, 5) is 2.70. The second-order valence-electron chi connectivity index (χ2n) is 6.60. The van der Waals surface area contributed by atoms with E-state index in [1.54, 1.807) is 0 Å². The van der Waals surface area contributed by atoms with Crippen molar-refractivity contribution >= 4 is 0 Å². The van der Waals surface area contributed by atoms with E-state index in [9.17, 15) is 0 Å². The van der Waals surface area contributed by atoms with E-state index in [1.165, 1.54) is 64.6 Å². The Kier molecular flexibility index (Phi) is 5.97. The summed E-state index contributed by atoms with van der Waals surface area (Å²) in [6.07, 6.45) is 10.1. The van der Waals surface area contributed by atoms with Gasteiger partial charge in [-0.1, -0.05) is 33.1 Å². The van der Waals surface area contributed by atoms with Gasteiger partial charge in [-0.3, -0.25) is 0 Å². The summed E-state index contributed by atoms with van der Waals surface area (Å²) in [5.74, 6) is 2.02. The number of rotatable bonds is 5. The van der Waals surface area contributed by atoms with Crippen molar-refractivity contribution in [2.24, 2.45) is 11.8 Å². The standard InChI is InChI=1S/C16H32N2/c1-3-17-16-8-11-18(12-9-16)10-7-15-6-4-5-14(2)13-15/h14-17H,3-13H2,1-2H3. The van der Waals surface area contributed by atoms with E-state index in [-0.39, 0.29) is 0 Å². The second kappa shape index (κ2) is 7.49. The maximum absolute atomic E-state index is 3.59. The second-order valence-corrected chi connectivity index (χ2v) is 6.60. The Morgan fingerprint density at radius 3 is 2.56 bits per heavy atom. The van der Waals surface area contributed by atoms with Crippen LogP contribution in [0.15, 0.2) is 0 Å². The zero-order valence-electron chi connectivity index (χ0n) is 12.5. The van der Waals surface area contributed by atoms with E-state index >= 15 is 0 Å². The van der Waals surface area contributed by atoms with Gasteiger partial charge in [0, 0.05) is 6.04 Å². The van der Waals surface area contributed by atoms with Crippen molar-refractivity contribution in [2.75, 3.05) is 26.2 Å². The molecule has 0 bridgehead atoms. The largest absolute Gasteiger partial charge is 0.314 e. The van der Waals surface area contributed by atoms with Gasteiger partial charge >= 0.3 is 0 Å². The Balaban J connectivity index is 1.60. The summed E-state index contributed by atoms with van der Waals surface area (Å²) in [5.41, 5.74) is 0. The lowest BCUT2D eigenvalue weighted by molar-refractivity contribution is 0.171. The molecule has 0 aromatic carbocycles. The molecule has 18 heavy (non-hydrogen) atoms. The van der Waals surface area contributed by atoms with Crippen molar-refractivity contribution < 1.29 is 0 Å². The third-order valence-corrected chi connectivity index (χ3v) is 4.98. The van der Waals surface area contributed by atoms with E-state index in [2.05, 4.69) is 24.1 Å². The van der Waals surface area contributed by atoms with Gasteiger partial charge in [0.05, 0.1) is 0 Å². The van der Waals surface area contributed by atoms with Gasteiger partial charge in [-0.25, -0.2) is 0 Å². The van der Waals surface area contributed by atoms with Crippen LogP contribution in [0.1, 0.15) is 58.8 Å². The number of hydrogen-bond acceptors (Lipinski definition) is 2. The fourth-order valence-corrected chi connectivity index (χ4v) is 3.84. The van der Waals surface area contributed by atoms with Gasteiger partial charge in [0.1, 0.15) is 0 Å². The highest BCUT2D eigenvalue weighted by Crippen LogP contribution is 2.30. The lowest BCUT2D eigenvalue weighted by Crippen LogP contribution is -2.43. The van der Waals surface area contributed by atoms with Crippen LogP contribution in [0.2, 0.25) is 0 Å². The van der Waals surface area contributed by atoms with Crippen molar-refractivity contribution in [3.8, 4) is 0 Å². The smallest absolute Gasteiger partial charge is 0.00912 e. The molecule has 0 amide bonds. The SMILES string of the molecule is CCNC1CCN(CCC2CCCC(C)C2)CC1. The number of hydrogen-bond donors (Lipinski definition) is 1. The first-order chi connectivity index (χ1) is 8.78. The topological polar surface area (TPSA) is 15.3 Å². The molecule has 2 rings (SSSR count). The molecule has 2 heteroatoms. The fourth-order valence-electron chi connectivity index (χ4n) is 3.84. The summed E-state index contributed by atoms with van der Waals surface area (Å²) in [6.45, 7) is 9.78. The molecule has 2 aliphatic rings. The molecule has 0 spiro atoms. The molecular formula is C16H32N2. The van der Waals surface area contributed by atoms with Crippen molar-refractivity contribution in [2.45, 2.75) is 64.8 Å². The van der Waals surface area contributed by atoms with Crippen molar-refractivity contribution in [3.63, 3.8) is 0 Å². The number of nitrogens with zero attached hydrogens (tertiary/aromatic N) is 1. The Bertz CT molecular complexity index is 221. The van der Waals surface area contributed by atoms with Crippen LogP contribution in [0.5, 0.6) is 0 Å². The average Bonchev–Trinajstić information content (AvgIpc) is 2.38. The van der Waals surface area contributed by atoms with Crippen LogP contribution < -0.4 is 5.32 Å². The van der Waals surface area contributed by atoms with Crippen LogP contribution in [-0.2, 0) is 0 Å². The van der Waals surface area contributed by atoms with E-state index in [4.69, 9.17) is 0 Å². The monoisotopic (exact) mass is 252 g/mol. The third kappa shape index (κ3) is 4.55. The lowest BCUT2D eigenvalue weighted by Gasteiger charge is -2.34. The molecule has 1 N–H and O–H groups in total. The summed E-state index contributed by atoms with van der Waals surface area (Å²) >= 11 is 0. The summed E-state index contributed by atoms with van der Waals surface area (Å²) in [7, 11) is 0. The molecule has 1 aliphatic carbocycles. The molecular weight excluding hydrogens is 220 g/mol. The predicted octanol–water partition coefficient (Wildman–Crippen LogP) is 3.28. The Morgan fingerprint density at radius 2 is 1.89 bits per heavy atom. The molecule has 2 nitrogen and oxygen atoms in total. The molecule has 1 saturated heterocycles. The van der Waals surface area contributed by atoms with E-state index < -0.39 is 0 Å². The van der Waals surface area contributed by atoms with Crippen LogP contribution in [0.4, 0.5) is 0 Å². The lowest BCUT2D eigenvalue weighted by atomic mass is 9.81. The number of piperidine rings is 1. The molecule has 0 aromatic rings. The molecule has 106 valence electrons. The van der Waals surface area contributed by atoms with Crippen LogP contribution in [-0.4, -0.2) is 37.1 Å². The van der Waals surface area contributed by atoms with Crippen molar-refractivity contribution in [1.29, 1.82) is 0 Å². The highest BCUT2D eigenvalue weighted by Gasteiger charge is 2.21. The normalized spacial score (nSPS) is 31.7. The fraction of sp³-hybridized carbons (Fsp3) is 1.00. The minimum Gasteiger partial charge on any atom is -0.314 e. The summed E-state index contributed by atoms with van der Waals surface area (Å²) in [5, 5.41) is 3.59. The maximum atomic E-state index is 3.59. The van der Waals surface area contributed by atoms with Gasteiger partial charge in [-0.15, -0.1) is 0 Å². The summed E-state index contributed by atoms with van der Waals surface area (Å²) in [6, 6.07) is 0.793. The number of likely N-dealkylation sites (tertiary alicyclic amines) is 1. The zero-order chi connectivity index (χ0) is 12.8. The van der Waals surface area contributed by atoms with Crippen LogP contribution in [0.25, 0.3) is 0 Å². The minimum atomic E-state index is 0.793. The van der Waals surface area contributed by atoms with Gasteiger partial charge in [0.25, 0.3) is 0 Å². The molecule has 2 unspecified atom stereocenters. The summed E-state index contributed by atoms with van der Waals surface area (Å²) < 4.78 is 0. The van der Waals surface area contributed by atoms with Gasteiger partial charge in [0.15, 0.2) is 0 Å². The van der Waals surface area contributed by atoms with Crippen molar-refractivity contribution in [1.82, 2.24) is 10.2 Å². The highest BCUT2D eigenvalue weighted by molar-refractivity contribution is 4.78. The first-order valence-corrected chi connectivity index (χ1v) is 8.23. The minimum absolute atomic E-state index is 0.793. The van der Waals surface area contributed by atoms with Gasteiger partial charge in [-0.2, -0.15) is 0 Å². The average molecular weight is 252 g/mol. The Hall–Kier alpha value is -0.0800. The molecule has 0 aromatic heterocycles. The third-order valence-electron chi connectivity index (χ3n) is 4.98. The molecule has 1 aliphatic heterocycles. The van der Waals surface area contributed by atoms with Gasteiger partial charge < -0.3 is 10.2 Å².